The second kappa shape index (κ2) is 11.1. The Kier molecular flexibility index (Phi) is 8.41. The van der Waals surface area contributed by atoms with Crippen molar-refractivity contribution in [1.82, 2.24) is 5.32 Å². The monoisotopic (exact) mass is 478 g/mol. The van der Waals surface area contributed by atoms with Crippen LogP contribution in [0.3, 0.4) is 0 Å². The largest absolute Gasteiger partial charge is 0.485 e. The number of anilines is 1. The van der Waals surface area contributed by atoms with Gasteiger partial charge in [-0.2, -0.15) is 0 Å². The van der Waals surface area contributed by atoms with E-state index in [2.05, 4.69) is 50.9 Å². The molecule has 35 heavy (non-hydrogen) atoms. The van der Waals surface area contributed by atoms with Gasteiger partial charge >= 0.3 is 5.97 Å². The Bertz CT molecular complexity index is 1120. The van der Waals surface area contributed by atoms with E-state index in [0.29, 0.717) is 18.6 Å². The maximum atomic E-state index is 12.0. The van der Waals surface area contributed by atoms with Gasteiger partial charge in [0.05, 0.1) is 18.3 Å². The molecule has 6 nitrogen and oxygen atoms in total. The van der Waals surface area contributed by atoms with Crippen molar-refractivity contribution in [3.05, 3.63) is 60.2 Å². The van der Waals surface area contributed by atoms with E-state index in [-0.39, 0.29) is 17.6 Å². The zero-order valence-corrected chi connectivity index (χ0v) is 22.0. The highest BCUT2D eigenvalue weighted by molar-refractivity contribution is 5.90. The van der Waals surface area contributed by atoms with Crippen LogP contribution in [-0.2, 0) is 9.63 Å². The Morgan fingerprint density at radius 1 is 1.23 bits per heavy atom. The molecule has 0 amide bonds. The van der Waals surface area contributed by atoms with Gasteiger partial charge in [0.15, 0.2) is 0 Å². The fourth-order valence-electron chi connectivity index (χ4n) is 4.87. The zero-order chi connectivity index (χ0) is 25.8. The predicted octanol–water partition coefficient (Wildman–Crippen LogP) is 6.47. The minimum atomic E-state index is -0.276. The molecule has 0 bridgehead atoms. The van der Waals surface area contributed by atoms with Gasteiger partial charge in [-0.15, -0.1) is 6.58 Å². The van der Waals surface area contributed by atoms with Crippen LogP contribution in [0, 0.1) is 0 Å². The van der Waals surface area contributed by atoms with Gasteiger partial charge in [-0.3, -0.25) is 9.63 Å². The predicted molar refractivity (Wildman–Crippen MR) is 143 cm³/mol. The number of nitrogens with one attached hydrogen (secondary N) is 1. The highest BCUT2D eigenvalue weighted by atomic mass is 16.7. The van der Waals surface area contributed by atoms with Crippen molar-refractivity contribution in [3.8, 4) is 22.6 Å². The van der Waals surface area contributed by atoms with Gasteiger partial charge in [0.25, 0.3) is 0 Å². The summed E-state index contributed by atoms with van der Waals surface area (Å²) in [6.45, 7) is 12.3. The van der Waals surface area contributed by atoms with E-state index in [9.17, 15) is 4.79 Å². The molecule has 1 unspecified atom stereocenters. The molecule has 0 aliphatic carbocycles. The summed E-state index contributed by atoms with van der Waals surface area (Å²) in [5.74, 6) is 1.08. The third-order valence-electron chi connectivity index (χ3n) is 6.01. The fraction of sp³-hybridized carbons (Fsp3) is 0.414. The molecule has 4 rings (SSSR count). The number of nitrogens with zero attached hydrogens (tertiary/aromatic N) is 1. The number of allylic oxidation sites excluding steroid dienone is 1. The molecular weight excluding hydrogens is 440 g/mol. The molecule has 2 aliphatic rings. The first-order valence-corrected chi connectivity index (χ1v) is 12.1. The van der Waals surface area contributed by atoms with Crippen molar-refractivity contribution >= 4 is 17.2 Å². The van der Waals surface area contributed by atoms with E-state index < -0.39 is 0 Å². The van der Waals surface area contributed by atoms with Crippen LogP contribution in [-0.4, -0.2) is 32.7 Å². The third kappa shape index (κ3) is 5.29. The van der Waals surface area contributed by atoms with Crippen molar-refractivity contribution in [2.75, 3.05) is 26.3 Å². The summed E-state index contributed by atoms with van der Waals surface area (Å²) in [7, 11) is 5.45. The maximum Gasteiger partial charge on any atom is 0.311 e. The normalized spacial score (nSPS) is 16.9. The number of carbonyl (C=O) groups is 1. The Labute approximate surface area is 209 Å². The van der Waals surface area contributed by atoms with Crippen LogP contribution in [0.4, 0.5) is 5.69 Å². The van der Waals surface area contributed by atoms with E-state index in [1.54, 1.807) is 13.2 Å². The van der Waals surface area contributed by atoms with E-state index in [1.807, 2.05) is 44.3 Å². The standard InChI is InChI=1S/C27H31NO4.C2H7N/c1-7-9-23-26-19(12-13-21-25(26)17(3)16-27(4,5)28(21)30-6)20-15-18(11-14-22(20)32-23)31-24(29)10-8-2;1-3-2/h7,11-16,23H,1,8-10H2,2-6H3;3H,1-2H3. The number of hydroxylamine groups is 1. The Balaban J connectivity index is 0.00000108. The molecule has 0 saturated heterocycles. The smallest absolute Gasteiger partial charge is 0.311 e. The number of hydrogen-bond acceptors (Lipinski definition) is 6. The molecule has 188 valence electrons. The van der Waals surface area contributed by atoms with E-state index in [1.165, 1.54) is 5.57 Å². The molecule has 2 heterocycles. The Morgan fingerprint density at radius 3 is 2.57 bits per heavy atom. The number of benzene rings is 2. The summed E-state index contributed by atoms with van der Waals surface area (Å²) in [5.41, 5.74) is 6.15. The van der Waals surface area contributed by atoms with Crippen LogP contribution >= 0.6 is 0 Å². The van der Waals surface area contributed by atoms with E-state index >= 15 is 0 Å². The minimum absolute atomic E-state index is 0.165. The van der Waals surface area contributed by atoms with E-state index in [0.717, 1.165) is 40.1 Å². The molecular formula is C29H38N2O4. The van der Waals surface area contributed by atoms with Gasteiger partial charge in [0.1, 0.15) is 17.6 Å². The lowest BCUT2D eigenvalue weighted by Crippen LogP contribution is -2.44. The lowest BCUT2D eigenvalue weighted by atomic mass is 9.81. The third-order valence-corrected chi connectivity index (χ3v) is 6.01. The van der Waals surface area contributed by atoms with Crippen molar-refractivity contribution in [1.29, 1.82) is 0 Å². The highest BCUT2D eigenvalue weighted by Crippen LogP contribution is 2.52. The maximum absolute atomic E-state index is 12.0. The molecule has 0 radical (unpaired) electrons. The number of hydrogen-bond donors (Lipinski definition) is 1. The highest BCUT2D eigenvalue weighted by Gasteiger charge is 2.37. The average Bonchev–Trinajstić information content (AvgIpc) is 2.79. The first-order valence-electron chi connectivity index (χ1n) is 12.1. The Hall–Kier alpha value is -3.09. The number of carbonyl (C=O) groups excluding carboxylic acids is 1. The summed E-state index contributed by atoms with van der Waals surface area (Å²) in [6.07, 6.45) is 5.78. The van der Waals surface area contributed by atoms with Crippen molar-refractivity contribution < 1.29 is 19.1 Å². The molecule has 0 saturated carbocycles. The number of fused-ring (bicyclic) bond motifs is 5. The van der Waals surface area contributed by atoms with Gasteiger partial charge in [-0.25, -0.2) is 5.06 Å². The molecule has 0 spiro atoms. The molecule has 0 aromatic heterocycles. The molecule has 2 aromatic rings. The summed E-state index contributed by atoms with van der Waals surface area (Å²) in [6, 6.07) is 9.80. The summed E-state index contributed by atoms with van der Waals surface area (Å²) < 4.78 is 12.0. The average molecular weight is 479 g/mol. The second-order valence-corrected chi connectivity index (χ2v) is 9.39. The summed E-state index contributed by atoms with van der Waals surface area (Å²) in [4.78, 5) is 17.8. The molecule has 6 heteroatoms. The van der Waals surface area contributed by atoms with Gasteiger partial charge in [-0.05, 0) is 76.7 Å². The SMILES string of the molecule is C=CCC1Oc2ccc(OC(=O)CCC)cc2-c2ccc3c(c21)C(C)=CC(C)(C)N3OC.CNC. The molecule has 1 N–H and O–H groups in total. The van der Waals surface area contributed by atoms with Crippen LogP contribution < -0.4 is 19.9 Å². The van der Waals surface area contributed by atoms with Crippen LogP contribution in [0.5, 0.6) is 11.5 Å². The van der Waals surface area contributed by atoms with Gasteiger partial charge in [0.2, 0.25) is 0 Å². The molecule has 2 aromatic carbocycles. The summed E-state index contributed by atoms with van der Waals surface area (Å²) >= 11 is 0. The van der Waals surface area contributed by atoms with Gasteiger partial charge in [0, 0.05) is 29.5 Å². The topological polar surface area (TPSA) is 60.0 Å². The fourth-order valence-corrected chi connectivity index (χ4v) is 4.87. The minimum Gasteiger partial charge on any atom is -0.485 e. The number of ether oxygens (including phenoxy) is 2. The number of esters is 1. The Morgan fingerprint density at radius 2 is 1.94 bits per heavy atom. The van der Waals surface area contributed by atoms with Crippen LogP contribution in [0.1, 0.15) is 64.2 Å². The van der Waals surface area contributed by atoms with Crippen molar-refractivity contribution in [2.24, 2.45) is 0 Å². The van der Waals surface area contributed by atoms with Crippen LogP contribution in [0.2, 0.25) is 0 Å². The first-order chi connectivity index (χ1) is 16.7. The van der Waals surface area contributed by atoms with E-state index in [4.69, 9.17) is 14.3 Å². The lowest BCUT2D eigenvalue weighted by Gasteiger charge is -2.43. The van der Waals surface area contributed by atoms with Crippen molar-refractivity contribution in [3.63, 3.8) is 0 Å². The van der Waals surface area contributed by atoms with Gasteiger partial charge in [-0.1, -0.05) is 25.1 Å². The second-order valence-electron chi connectivity index (χ2n) is 9.39. The quantitative estimate of drug-likeness (QED) is 0.292. The molecule has 2 aliphatic heterocycles. The van der Waals surface area contributed by atoms with Crippen LogP contribution in [0.15, 0.2) is 49.1 Å². The summed E-state index contributed by atoms with van der Waals surface area (Å²) in [5, 5.41) is 4.69. The molecule has 1 atom stereocenters. The lowest BCUT2D eigenvalue weighted by molar-refractivity contribution is -0.134. The zero-order valence-electron chi connectivity index (χ0n) is 22.0. The molecule has 0 fully saturated rings. The van der Waals surface area contributed by atoms with Crippen molar-refractivity contribution in [2.45, 2.75) is 58.6 Å². The first kappa shape index (κ1) is 26.5. The van der Waals surface area contributed by atoms with Crippen LogP contribution in [0.25, 0.3) is 16.7 Å². The number of rotatable bonds is 6. The van der Waals surface area contributed by atoms with Gasteiger partial charge < -0.3 is 14.8 Å².